The number of allylic oxidation sites excluding steroid dienone is 8. The lowest BCUT2D eigenvalue weighted by atomic mass is 9.88. The summed E-state index contributed by atoms with van der Waals surface area (Å²) in [5.74, 6) is 1.31. The van der Waals surface area contributed by atoms with Gasteiger partial charge in [0.15, 0.2) is 0 Å². The van der Waals surface area contributed by atoms with Crippen molar-refractivity contribution in [2.24, 2.45) is 9.98 Å². The first kappa shape index (κ1) is 21.2. The molecule has 1 saturated heterocycles. The van der Waals surface area contributed by atoms with E-state index < -0.39 is 6.61 Å². The highest BCUT2D eigenvalue weighted by molar-refractivity contribution is 6.13. The number of alkyl halides is 2. The SMILES string of the molecule is C/C=C1C=C(/C(=C2\CCCC(N3CCC3)=N2)c2ccc(OC(F)F)cc2)C=CC/1=NC. The Labute approximate surface area is 182 Å². The van der Waals surface area contributed by atoms with Gasteiger partial charge in [-0.25, -0.2) is 4.99 Å². The number of aliphatic imine (C=N–C) groups is 2. The second-order valence-corrected chi connectivity index (χ2v) is 7.73. The number of nitrogens with zero attached hydrogens (tertiary/aromatic N) is 3. The molecule has 31 heavy (non-hydrogen) atoms. The molecular formula is C25H27F2N3O. The zero-order valence-electron chi connectivity index (χ0n) is 17.9. The summed E-state index contributed by atoms with van der Waals surface area (Å²) in [7, 11) is 1.79. The van der Waals surface area contributed by atoms with Gasteiger partial charge in [0, 0.05) is 32.1 Å². The van der Waals surface area contributed by atoms with Crippen molar-refractivity contribution >= 4 is 17.1 Å². The molecule has 1 aliphatic carbocycles. The van der Waals surface area contributed by atoms with Crippen LogP contribution in [0.25, 0.3) is 5.57 Å². The molecule has 1 fully saturated rings. The average Bonchev–Trinajstić information content (AvgIpc) is 2.74. The molecule has 0 saturated carbocycles. The summed E-state index contributed by atoms with van der Waals surface area (Å²) in [6.45, 7) is 1.31. The molecule has 0 aromatic heterocycles. The maximum Gasteiger partial charge on any atom is 0.387 e. The van der Waals surface area contributed by atoms with E-state index in [1.807, 2.05) is 31.2 Å². The van der Waals surface area contributed by atoms with Crippen LogP contribution in [0.2, 0.25) is 0 Å². The van der Waals surface area contributed by atoms with Gasteiger partial charge in [0.25, 0.3) is 0 Å². The van der Waals surface area contributed by atoms with Gasteiger partial charge in [0.1, 0.15) is 11.6 Å². The van der Waals surface area contributed by atoms with E-state index in [1.165, 1.54) is 6.42 Å². The Morgan fingerprint density at radius 1 is 1.13 bits per heavy atom. The minimum absolute atomic E-state index is 0.152. The van der Waals surface area contributed by atoms with Crippen LogP contribution in [0, 0.1) is 0 Å². The van der Waals surface area contributed by atoms with Crippen molar-refractivity contribution in [2.45, 2.75) is 39.2 Å². The van der Waals surface area contributed by atoms with Crippen molar-refractivity contribution in [3.63, 3.8) is 0 Å². The summed E-state index contributed by atoms with van der Waals surface area (Å²) in [6, 6.07) is 6.85. The molecule has 6 heteroatoms. The zero-order chi connectivity index (χ0) is 21.8. The molecule has 0 radical (unpaired) electrons. The maximum atomic E-state index is 12.6. The first-order chi connectivity index (χ1) is 15.1. The highest BCUT2D eigenvalue weighted by atomic mass is 19.3. The minimum atomic E-state index is -2.83. The van der Waals surface area contributed by atoms with Crippen molar-refractivity contribution in [1.82, 2.24) is 4.90 Å². The Hall–Kier alpha value is -3.02. The van der Waals surface area contributed by atoms with E-state index in [0.29, 0.717) is 0 Å². The number of amidine groups is 1. The molecule has 0 spiro atoms. The van der Waals surface area contributed by atoms with E-state index in [0.717, 1.165) is 71.9 Å². The van der Waals surface area contributed by atoms with Gasteiger partial charge in [0.05, 0.1) is 11.4 Å². The second-order valence-electron chi connectivity index (χ2n) is 7.73. The molecule has 2 aliphatic heterocycles. The summed E-state index contributed by atoms with van der Waals surface area (Å²) in [5, 5.41) is 0. The van der Waals surface area contributed by atoms with Gasteiger partial charge < -0.3 is 9.64 Å². The number of likely N-dealkylation sites (tertiary alicyclic amines) is 1. The predicted octanol–water partition coefficient (Wildman–Crippen LogP) is 5.80. The topological polar surface area (TPSA) is 37.2 Å². The number of hydrogen-bond donors (Lipinski definition) is 0. The van der Waals surface area contributed by atoms with Gasteiger partial charge in [-0.3, -0.25) is 4.99 Å². The van der Waals surface area contributed by atoms with Crippen LogP contribution < -0.4 is 4.74 Å². The van der Waals surface area contributed by atoms with Crippen LogP contribution in [0.3, 0.4) is 0 Å². The minimum Gasteiger partial charge on any atom is -0.435 e. The van der Waals surface area contributed by atoms with E-state index in [2.05, 4.69) is 26.8 Å². The average molecular weight is 424 g/mol. The van der Waals surface area contributed by atoms with E-state index in [9.17, 15) is 8.78 Å². The van der Waals surface area contributed by atoms with E-state index in [-0.39, 0.29) is 5.75 Å². The zero-order valence-corrected chi connectivity index (χ0v) is 17.9. The summed E-state index contributed by atoms with van der Waals surface area (Å²) < 4.78 is 29.7. The molecule has 3 aliphatic rings. The van der Waals surface area contributed by atoms with Crippen molar-refractivity contribution in [1.29, 1.82) is 0 Å². The lowest BCUT2D eigenvalue weighted by Gasteiger charge is -2.36. The molecule has 0 amide bonds. The number of benzene rings is 1. The molecule has 0 atom stereocenters. The lowest BCUT2D eigenvalue weighted by Crippen LogP contribution is -2.42. The van der Waals surface area contributed by atoms with Gasteiger partial charge in [0.2, 0.25) is 0 Å². The second kappa shape index (κ2) is 9.41. The van der Waals surface area contributed by atoms with Crippen molar-refractivity contribution in [3.05, 3.63) is 71.0 Å². The van der Waals surface area contributed by atoms with Crippen molar-refractivity contribution in [3.8, 4) is 5.75 Å². The molecule has 4 nitrogen and oxygen atoms in total. The Bertz CT molecular complexity index is 1010. The summed E-state index contributed by atoms with van der Waals surface area (Å²) in [5.41, 5.74) is 6.05. The smallest absolute Gasteiger partial charge is 0.387 e. The Balaban J connectivity index is 1.80. The van der Waals surface area contributed by atoms with E-state index >= 15 is 0 Å². The van der Waals surface area contributed by atoms with Crippen LogP contribution in [0.5, 0.6) is 5.75 Å². The van der Waals surface area contributed by atoms with Gasteiger partial charge in [-0.2, -0.15) is 8.78 Å². The third-order valence-electron chi connectivity index (χ3n) is 5.82. The lowest BCUT2D eigenvalue weighted by molar-refractivity contribution is -0.0498. The molecule has 162 valence electrons. The van der Waals surface area contributed by atoms with Crippen LogP contribution in [0.15, 0.2) is 75.4 Å². The standard InChI is InChI=1S/C25H27F2N3O/c1-3-17-16-19(10-13-21(17)28-2)24(18-8-11-20(12-9-18)31-25(26)27)22-6-4-7-23(29-22)30-14-5-15-30/h3,8-13,16,25H,4-7,14-15H2,1-2H3/b17-3-,24-22+,28-21?. The molecule has 0 unspecified atom stereocenters. The van der Waals surface area contributed by atoms with Crippen LogP contribution in [0.1, 0.15) is 38.2 Å². The third-order valence-corrected chi connectivity index (χ3v) is 5.82. The van der Waals surface area contributed by atoms with Crippen LogP contribution in [-0.2, 0) is 0 Å². The molecule has 1 aromatic carbocycles. The van der Waals surface area contributed by atoms with Gasteiger partial charge in [-0.1, -0.05) is 24.3 Å². The van der Waals surface area contributed by atoms with Crippen molar-refractivity contribution < 1.29 is 13.5 Å². The number of ether oxygens (including phenoxy) is 1. The summed E-state index contributed by atoms with van der Waals surface area (Å²) in [6.07, 6.45) is 12.4. The number of rotatable bonds is 4. The summed E-state index contributed by atoms with van der Waals surface area (Å²) in [4.78, 5) is 11.8. The highest BCUT2D eigenvalue weighted by Gasteiger charge is 2.24. The molecule has 1 aromatic rings. The molecular weight excluding hydrogens is 396 g/mol. The fourth-order valence-electron chi connectivity index (χ4n) is 4.11. The third kappa shape index (κ3) is 4.68. The van der Waals surface area contributed by atoms with E-state index in [1.54, 1.807) is 19.2 Å². The quantitative estimate of drug-likeness (QED) is 0.614. The molecule has 4 rings (SSSR count). The number of hydrogen-bond acceptors (Lipinski definition) is 4. The Morgan fingerprint density at radius 2 is 1.90 bits per heavy atom. The maximum absolute atomic E-state index is 12.6. The molecule has 0 bridgehead atoms. The van der Waals surface area contributed by atoms with Crippen LogP contribution in [-0.4, -0.2) is 43.2 Å². The summed E-state index contributed by atoms with van der Waals surface area (Å²) >= 11 is 0. The molecule has 2 heterocycles. The predicted molar refractivity (Wildman–Crippen MR) is 122 cm³/mol. The Morgan fingerprint density at radius 3 is 2.52 bits per heavy atom. The van der Waals surface area contributed by atoms with Crippen molar-refractivity contribution in [2.75, 3.05) is 20.1 Å². The fourth-order valence-corrected chi connectivity index (χ4v) is 4.11. The first-order valence-electron chi connectivity index (χ1n) is 10.7. The van der Waals surface area contributed by atoms with Crippen LogP contribution >= 0.6 is 0 Å². The highest BCUT2D eigenvalue weighted by Crippen LogP contribution is 2.36. The first-order valence-corrected chi connectivity index (χ1v) is 10.7. The normalized spacial score (nSPS) is 23.1. The van der Waals surface area contributed by atoms with Gasteiger partial charge in [-0.15, -0.1) is 0 Å². The van der Waals surface area contributed by atoms with Gasteiger partial charge in [-0.05, 0) is 67.2 Å². The monoisotopic (exact) mass is 423 g/mol. The van der Waals surface area contributed by atoms with Crippen LogP contribution in [0.4, 0.5) is 8.78 Å². The van der Waals surface area contributed by atoms with E-state index in [4.69, 9.17) is 4.99 Å². The largest absolute Gasteiger partial charge is 0.435 e. The number of halogens is 2. The van der Waals surface area contributed by atoms with Gasteiger partial charge >= 0.3 is 6.61 Å². The molecule has 0 N–H and O–H groups in total. The fraction of sp³-hybridized carbons (Fsp3) is 0.360. The Kier molecular flexibility index (Phi) is 6.44.